The molecule has 0 heterocycles. The first-order chi connectivity index (χ1) is 10.6. The number of hydrogen-bond donors (Lipinski definition) is 1. The Bertz CT molecular complexity index is 604. The summed E-state index contributed by atoms with van der Waals surface area (Å²) in [4.78, 5) is 0. The summed E-state index contributed by atoms with van der Waals surface area (Å²) in [6.45, 7) is 5.77. The molecular formula is C18H22BrCl2NO. The van der Waals surface area contributed by atoms with Gasteiger partial charge in [-0.2, -0.15) is 0 Å². The monoisotopic (exact) mass is 417 g/mol. The largest absolute Gasteiger partial charge is 0.488 e. The number of benzene rings is 2. The number of halogens is 3. The van der Waals surface area contributed by atoms with Crippen LogP contribution in [0.1, 0.15) is 31.4 Å². The molecule has 2 aromatic carbocycles. The molecule has 0 spiro atoms. The van der Waals surface area contributed by atoms with Crippen molar-refractivity contribution < 1.29 is 4.74 Å². The second-order valence-corrected chi connectivity index (χ2v) is 6.66. The van der Waals surface area contributed by atoms with E-state index in [1.165, 1.54) is 5.56 Å². The molecule has 5 heteroatoms. The zero-order valence-corrected chi connectivity index (χ0v) is 16.5. The molecule has 2 aromatic rings. The molecule has 2 nitrogen and oxygen atoms in total. The smallest absolute Gasteiger partial charge is 0.134 e. The van der Waals surface area contributed by atoms with Crippen LogP contribution < -0.4 is 10.1 Å². The normalized spacial score (nSPS) is 11.7. The highest BCUT2D eigenvalue weighted by molar-refractivity contribution is 9.10. The highest BCUT2D eigenvalue weighted by Crippen LogP contribution is 2.27. The topological polar surface area (TPSA) is 21.3 Å². The van der Waals surface area contributed by atoms with Gasteiger partial charge in [-0.25, -0.2) is 0 Å². The summed E-state index contributed by atoms with van der Waals surface area (Å²) < 4.78 is 6.83. The van der Waals surface area contributed by atoms with Gasteiger partial charge in [0, 0.05) is 17.6 Å². The molecular weight excluding hydrogens is 397 g/mol. The van der Waals surface area contributed by atoms with Crippen LogP contribution >= 0.6 is 39.9 Å². The quantitative estimate of drug-likeness (QED) is 0.595. The van der Waals surface area contributed by atoms with Gasteiger partial charge in [-0.05, 0) is 64.7 Å². The minimum atomic E-state index is 0. The summed E-state index contributed by atoms with van der Waals surface area (Å²) in [5.41, 5.74) is 2.34. The molecule has 0 saturated heterocycles. The van der Waals surface area contributed by atoms with E-state index in [0.717, 1.165) is 33.8 Å². The SMILES string of the molecule is CCC(C)NCc1ccc(OCc2ccc(Cl)cc2)c(Br)c1.Cl. The van der Waals surface area contributed by atoms with Gasteiger partial charge in [0.25, 0.3) is 0 Å². The maximum absolute atomic E-state index is 5.88. The average molecular weight is 419 g/mol. The van der Waals surface area contributed by atoms with E-state index in [1.807, 2.05) is 30.3 Å². The van der Waals surface area contributed by atoms with Gasteiger partial charge in [-0.15, -0.1) is 12.4 Å². The lowest BCUT2D eigenvalue weighted by Crippen LogP contribution is -2.24. The first kappa shape index (κ1) is 20.3. The number of hydrogen-bond acceptors (Lipinski definition) is 2. The Kier molecular flexibility index (Phi) is 9.00. The van der Waals surface area contributed by atoms with Crippen molar-refractivity contribution in [3.05, 3.63) is 63.1 Å². The lowest BCUT2D eigenvalue weighted by molar-refractivity contribution is 0.304. The lowest BCUT2D eigenvalue weighted by atomic mass is 10.2. The van der Waals surface area contributed by atoms with Crippen molar-refractivity contribution >= 4 is 39.9 Å². The molecule has 0 aromatic heterocycles. The molecule has 0 aliphatic carbocycles. The van der Waals surface area contributed by atoms with Crippen LogP contribution in [-0.4, -0.2) is 6.04 Å². The zero-order valence-electron chi connectivity index (χ0n) is 13.3. The molecule has 0 aliphatic heterocycles. The first-order valence-electron chi connectivity index (χ1n) is 7.47. The van der Waals surface area contributed by atoms with Crippen molar-refractivity contribution in [2.24, 2.45) is 0 Å². The van der Waals surface area contributed by atoms with E-state index in [1.54, 1.807) is 0 Å². The maximum Gasteiger partial charge on any atom is 0.134 e. The number of ether oxygens (including phenoxy) is 1. The Labute approximate surface area is 158 Å². The van der Waals surface area contributed by atoms with Crippen molar-refractivity contribution in [3.8, 4) is 5.75 Å². The molecule has 1 unspecified atom stereocenters. The Morgan fingerprint density at radius 1 is 1.13 bits per heavy atom. The molecule has 1 N–H and O–H groups in total. The van der Waals surface area contributed by atoms with E-state index in [-0.39, 0.29) is 12.4 Å². The Morgan fingerprint density at radius 3 is 2.39 bits per heavy atom. The summed E-state index contributed by atoms with van der Waals surface area (Å²) in [6, 6.07) is 14.4. The highest BCUT2D eigenvalue weighted by atomic mass is 79.9. The van der Waals surface area contributed by atoms with Crippen molar-refractivity contribution in [3.63, 3.8) is 0 Å². The summed E-state index contributed by atoms with van der Waals surface area (Å²) in [5.74, 6) is 0.849. The van der Waals surface area contributed by atoms with E-state index < -0.39 is 0 Å². The van der Waals surface area contributed by atoms with Gasteiger partial charge in [-0.1, -0.05) is 36.7 Å². The molecule has 0 fully saturated rings. The van der Waals surface area contributed by atoms with E-state index in [9.17, 15) is 0 Å². The summed E-state index contributed by atoms with van der Waals surface area (Å²) in [7, 11) is 0. The van der Waals surface area contributed by atoms with E-state index >= 15 is 0 Å². The fourth-order valence-electron chi connectivity index (χ4n) is 1.95. The van der Waals surface area contributed by atoms with Crippen LogP contribution in [0.25, 0.3) is 0 Å². The van der Waals surface area contributed by atoms with Crippen LogP contribution in [0.4, 0.5) is 0 Å². The molecule has 0 radical (unpaired) electrons. The minimum absolute atomic E-state index is 0. The van der Waals surface area contributed by atoms with Crippen molar-refractivity contribution in [2.75, 3.05) is 0 Å². The van der Waals surface area contributed by atoms with Gasteiger partial charge >= 0.3 is 0 Å². The molecule has 126 valence electrons. The molecule has 23 heavy (non-hydrogen) atoms. The fourth-order valence-corrected chi connectivity index (χ4v) is 2.62. The van der Waals surface area contributed by atoms with Gasteiger partial charge in [0.1, 0.15) is 12.4 Å². The standard InChI is InChI=1S/C18H21BrClNO.ClH/c1-3-13(2)21-11-15-6-9-18(17(19)10-15)22-12-14-4-7-16(20)8-5-14;/h4-10,13,21H,3,11-12H2,1-2H3;1H. The summed E-state index contributed by atoms with van der Waals surface area (Å²) in [5, 5.41) is 4.22. The van der Waals surface area contributed by atoms with Crippen LogP contribution in [0.3, 0.4) is 0 Å². The Balaban J connectivity index is 0.00000264. The lowest BCUT2D eigenvalue weighted by Gasteiger charge is -2.13. The van der Waals surface area contributed by atoms with Crippen molar-refractivity contribution in [2.45, 2.75) is 39.5 Å². The number of rotatable bonds is 7. The van der Waals surface area contributed by atoms with E-state index in [4.69, 9.17) is 16.3 Å². The molecule has 0 amide bonds. The molecule has 0 bridgehead atoms. The molecule has 1 atom stereocenters. The molecule has 2 rings (SSSR count). The average Bonchev–Trinajstić information content (AvgIpc) is 2.53. The summed E-state index contributed by atoms with van der Waals surface area (Å²) in [6.07, 6.45) is 1.13. The molecule has 0 aliphatic rings. The van der Waals surface area contributed by atoms with Gasteiger partial charge in [0.05, 0.1) is 4.47 Å². The third kappa shape index (κ3) is 6.72. The van der Waals surface area contributed by atoms with Gasteiger partial charge in [0.2, 0.25) is 0 Å². The van der Waals surface area contributed by atoms with Gasteiger partial charge < -0.3 is 10.1 Å². The van der Waals surface area contributed by atoms with Crippen LogP contribution in [0, 0.1) is 0 Å². The van der Waals surface area contributed by atoms with Crippen LogP contribution in [-0.2, 0) is 13.2 Å². The van der Waals surface area contributed by atoms with Gasteiger partial charge in [-0.3, -0.25) is 0 Å². The maximum atomic E-state index is 5.88. The predicted octanol–water partition coefficient (Wildman–Crippen LogP) is 5.99. The number of nitrogens with one attached hydrogen (secondary N) is 1. The third-order valence-electron chi connectivity index (χ3n) is 3.57. The third-order valence-corrected chi connectivity index (χ3v) is 4.44. The van der Waals surface area contributed by atoms with E-state index in [2.05, 4.69) is 47.2 Å². The van der Waals surface area contributed by atoms with Crippen LogP contribution in [0.5, 0.6) is 5.75 Å². The Hall–Kier alpha value is -0.740. The van der Waals surface area contributed by atoms with E-state index in [0.29, 0.717) is 12.6 Å². The highest BCUT2D eigenvalue weighted by Gasteiger charge is 2.05. The van der Waals surface area contributed by atoms with Crippen LogP contribution in [0.2, 0.25) is 5.02 Å². The van der Waals surface area contributed by atoms with Crippen molar-refractivity contribution in [1.82, 2.24) is 5.32 Å². The second kappa shape index (κ2) is 10.2. The second-order valence-electron chi connectivity index (χ2n) is 5.37. The predicted molar refractivity (Wildman–Crippen MR) is 104 cm³/mol. The van der Waals surface area contributed by atoms with Gasteiger partial charge in [0.15, 0.2) is 0 Å². The Morgan fingerprint density at radius 2 is 1.78 bits per heavy atom. The van der Waals surface area contributed by atoms with Crippen LogP contribution in [0.15, 0.2) is 46.9 Å². The first-order valence-corrected chi connectivity index (χ1v) is 8.64. The fraction of sp³-hybridized carbons (Fsp3) is 0.333. The van der Waals surface area contributed by atoms with Crippen molar-refractivity contribution in [1.29, 1.82) is 0 Å². The summed E-state index contributed by atoms with van der Waals surface area (Å²) >= 11 is 9.46. The molecule has 0 saturated carbocycles. The zero-order chi connectivity index (χ0) is 15.9. The minimum Gasteiger partial charge on any atom is -0.488 e.